The Bertz CT molecular complexity index is 629. The van der Waals surface area contributed by atoms with E-state index in [2.05, 4.69) is 53.5 Å². The predicted molar refractivity (Wildman–Crippen MR) is 108 cm³/mol. The summed E-state index contributed by atoms with van der Waals surface area (Å²) in [6.07, 6.45) is 1.06. The van der Waals surface area contributed by atoms with Gasteiger partial charge in [0.2, 0.25) is 0 Å². The molecule has 0 aliphatic heterocycles. The van der Waals surface area contributed by atoms with E-state index in [1.54, 1.807) is 0 Å². The van der Waals surface area contributed by atoms with Crippen molar-refractivity contribution in [2.24, 2.45) is 0 Å². The summed E-state index contributed by atoms with van der Waals surface area (Å²) in [6, 6.07) is 18.0. The van der Waals surface area contributed by atoms with Gasteiger partial charge in [0.1, 0.15) is 0 Å². The van der Waals surface area contributed by atoms with E-state index < -0.39 is 0 Å². The normalized spacial score (nSPS) is 10.7. The molecule has 0 heterocycles. The second kappa shape index (κ2) is 9.62. The average Bonchev–Trinajstić information content (AvgIpc) is 2.56. The molecule has 0 spiro atoms. The Labute approximate surface area is 155 Å². The first-order valence-corrected chi connectivity index (χ1v) is 8.83. The number of halogens is 1. The fraction of sp³-hybridized carbons (Fsp3) is 0.316. The molecule has 0 aliphatic carbocycles. The standard InChI is InChI=1S/C19H24ClN3S/c1-22(2)13-6-14-23(15-16-7-4-3-5-8-16)19(24)21-18-11-9-17(20)10-12-18/h3-5,7-12H,6,13-15H2,1-2H3,(H,21,24). The van der Waals surface area contributed by atoms with Crippen molar-refractivity contribution in [3.63, 3.8) is 0 Å². The predicted octanol–water partition coefficient (Wildman–Crippen LogP) is 4.49. The van der Waals surface area contributed by atoms with Crippen LogP contribution in [0.4, 0.5) is 5.69 Å². The molecule has 2 aromatic rings. The minimum atomic E-state index is 0.721. The van der Waals surface area contributed by atoms with Gasteiger partial charge in [-0.3, -0.25) is 0 Å². The van der Waals surface area contributed by atoms with E-state index in [9.17, 15) is 0 Å². The number of benzene rings is 2. The molecule has 0 radical (unpaired) electrons. The van der Waals surface area contributed by atoms with Gasteiger partial charge in [0, 0.05) is 23.8 Å². The summed E-state index contributed by atoms with van der Waals surface area (Å²) >= 11 is 11.6. The van der Waals surface area contributed by atoms with Gasteiger partial charge in [-0.2, -0.15) is 0 Å². The van der Waals surface area contributed by atoms with Crippen LogP contribution in [0.15, 0.2) is 54.6 Å². The summed E-state index contributed by atoms with van der Waals surface area (Å²) < 4.78 is 0. The molecule has 0 bridgehead atoms. The zero-order valence-corrected chi connectivity index (χ0v) is 15.8. The van der Waals surface area contributed by atoms with Gasteiger partial charge in [-0.15, -0.1) is 0 Å². The van der Waals surface area contributed by atoms with Crippen molar-refractivity contribution in [1.82, 2.24) is 9.80 Å². The highest BCUT2D eigenvalue weighted by atomic mass is 35.5. The van der Waals surface area contributed by atoms with Crippen LogP contribution in [0.3, 0.4) is 0 Å². The lowest BCUT2D eigenvalue weighted by Gasteiger charge is -2.26. The molecule has 3 nitrogen and oxygen atoms in total. The molecule has 0 aliphatic rings. The molecule has 0 aromatic heterocycles. The monoisotopic (exact) mass is 361 g/mol. The van der Waals surface area contributed by atoms with Crippen LogP contribution in [-0.2, 0) is 6.54 Å². The van der Waals surface area contributed by atoms with Gasteiger partial charge in [-0.05, 0) is 69.1 Å². The maximum absolute atomic E-state index is 5.94. The maximum Gasteiger partial charge on any atom is 0.173 e. The molecule has 1 N–H and O–H groups in total. The minimum absolute atomic E-state index is 0.721. The Morgan fingerprint density at radius 1 is 1.00 bits per heavy atom. The van der Waals surface area contributed by atoms with E-state index in [-0.39, 0.29) is 0 Å². The van der Waals surface area contributed by atoms with E-state index >= 15 is 0 Å². The van der Waals surface area contributed by atoms with Gasteiger partial charge in [0.15, 0.2) is 5.11 Å². The van der Waals surface area contributed by atoms with Gasteiger partial charge in [0.05, 0.1) is 0 Å². The van der Waals surface area contributed by atoms with Crippen LogP contribution < -0.4 is 5.32 Å². The maximum atomic E-state index is 5.94. The number of nitrogens with one attached hydrogen (secondary N) is 1. The van der Waals surface area contributed by atoms with E-state index in [0.717, 1.165) is 41.9 Å². The van der Waals surface area contributed by atoms with Crippen molar-refractivity contribution in [2.75, 3.05) is 32.5 Å². The molecule has 0 saturated heterocycles. The van der Waals surface area contributed by atoms with Gasteiger partial charge >= 0.3 is 0 Å². The molecule has 128 valence electrons. The zero-order chi connectivity index (χ0) is 17.4. The second-order valence-corrected chi connectivity index (χ2v) is 6.82. The number of thiocarbonyl (C=S) groups is 1. The van der Waals surface area contributed by atoms with Crippen molar-refractivity contribution in [3.05, 3.63) is 65.2 Å². The van der Waals surface area contributed by atoms with E-state index in [1.807, 2.05) is 30.3 Å². The first kappa shape index (κ1) is 18.7. The third-order valence-corrected chi connectivity index (χ3v) is 4.24. The van der Waals surface area contributed by atoms with Crippen molar-refractivity contribution in [2.45, 2.75) is 13.0 Å². The summed E-state index contributed by atoms with van der Waals surface area (Å²) in [5.74, 6) is 0. The summed E-state index contributed by atoms with van der Waals surface area (Å²) in [6.45, 7) is 2.75. The second-order valence-electron chi connectivity index (χ2n) is 6.00. The highest BCUT2D eigenvalue weighted by molar-refractivity contribution is 7.80. The van der Waals surface area contributed by atoms with E-state index in [1.165, 1.54) is 5.56 Å². The lowest BCUT2D eigenvalue weighted by Crippen LogP contribution is -2.36. The molecule has 0 unspecified atom stereocenters. The zero-order valence-electron chi connectivity index (χ0n) is 14.2. The number of hydrogen-bond donors (Lipinski definition) is 1. The largest absolute Gasteiger partial charge is 0.345 e. The van der Waals surface area contributed by atoms with Gasteiger partial charge in [0.25, 0.3) is 0 Å². The summed E-state index contributed by atoms with van der Waals surface area (Å²) in [4.78, 5) is 4.40. The van der Waals surface area contributed by atoms with Crippen LogP contribution in [0.2, 0.25) is 5.02 Å². The van der Waals surface area contributed by atoms with E-state index in [0.29, 0.717) is 0 Å². The lowest BCUT2D eigenvalue weighted by atomic mass is 10.2. The average molecular weight is 362 g/mol. The number of hydrogen-bond acceptors (Lipinski definition) is 2. The van der Waals surface area contributed by atoms with Gasteiger partial charge in [-0.1, -0.05) is 41.9 Å². The topological polar surface area (TPSA) is 18.5 Å². The first-order chi connectivity index (χ1) is 11.5. The molecule has 2 aromatic carbocycles. The molecule has 0 amide bonds. The summed E-state index contributed by atoms with van der Waals surface area (Å²) in [7, 11) is 4.18. The van der Waals surface area contributed by atoms with Crippen molar-refractivity contribution >= 4 is 34.6 Å². The molecule has 2 rings (SSSR count). The van der Waals surface area contributed by atoms with E-state index in [4.69, 9.17) is 23.8 Å². The smallest absolute Gasteiger partial charge is 0.173 e. The van der Waals surface area contributed by atoms with Crippen molar-refractivity contribution in [1.29, 1.82) is 0 Å². The highest BCUT2D eigenvalue weighted by Crippen LogP contribution is 2.15. The number of anilines is 1. The summed E-state index contributed by atoms with van der Waals surface area (Å²) in [5, 5.41) is 4.77. The van der Waals surface area contributed by atoms with Crippen LogP contribution in [0.5, 0.6) is 0 Å². The minimum Gasteiger partial charge on any atom is -0.345 e. The number of nitrogens with zero attached hydrogens (tertiary/aromatic N) is 2. The van der Waals surface area contributed by atoms with Crippen molar-refractivity contribution in [3.8, 4) is 0 Å². The molecule has 24 heavy (non-hydrogen) atoms. The quantitative estimate of drug-likeness (QED) is 0.732. The van der Waals surface area contributed by atoms with Crippen LogP contribution >= 0.6 is 23.8 Å². The molecular weight excluding hydrogens is 338 g/mol. The summed E-state index contributed by atoms with van der Waals surface area (Å²) in [5.41, 5.74) is 2.21. The highest BCUT2D eigenvalue weighted by Gasteiger charge is 2.11. The fourth-order valence-corrected chi connectivity index (χ4v) is 2.77. The molecule has 0 atom stereocenters. The van der Waals surface area contributed by atoms with Crippen LogP contribution in [-0.4, -0.2) is 42.1 Å². The van der Waals surface area contributed by atoms with Crippen molar-refractivity contribution < 1.29 is 0 Å². The Hall–Kier alpha value is -1.62. The third-order valence-electron chi connectivity index (χ3n) is 3.63. The lowest BCUT2D eigenvalue weighted by molar-refractivity contribution is 0.346. The van der Waals surface area contributed by atoms with Gasteiger partial charge in [-0.25, -0.2) is 0 Å². The Balaban J connectivity index is 2.02. The number of rotatable bonds is 7. The Morgan fingerprint density at radius 2 is 1.67 bits per heavy atom. The molecular formula is C19H24ClN3S. The van der Waals surface area contributed by atoms with Crippen LogP contribution in [0.25, 0.3) is 0 Å². The molecule has 0 saturated carbocycles. The first-order valence-electron chi connectivity index (χ1n) is 8.05. The van der Waals surface area contributed by atoms with Gasteiger partial charge < -0.3 is 15.1 Å². The van der Waals surface area contributed by atoms with Crippen LogP contribution in [0, 0.1) is 0 Å². The third kappa shape index (κ3) is 6.48. The Kier molecular flexibility index (Phi) is 7.50. The SMILES string of the molecule is CN(C)CCCN(Cc1ccccc1)C(=S)Nc1ccc(Cl)cc1. The van der Waals surface area contributed by atoms with Crippen LogP contribution in [0.1, 0.15) is 12.0 Å². The Morgan fingerprint density at radius 3 is 2.29 bits per heavy atom. The molecule has 0 fully saturated rings. The molecule has 5 heteroatoms. The fourth-order valence-electron chi connectivity index (χ4n) is 2.37.